The Labute approximate surface area is 155 Å². The average molecular weight is 394 g/mol. The molecule has 7 nitrogen and oxygen atoms in total. The number of hydrogen-bond acceptors (Lipinski definition) is 6. The second-order valence-corrected chi connectivity index (χ2v) is 8.55. The van der Waals surface area contributed by atoms with Gasteiger partial charge in [0.15, 0.2) is 0 Å². The number of rotatable bonds is 5. The van der Waals surface area contributed by atoms with E-state index in [0.717, 1.165) is 16.9 Å². The quantitative estimate of drug-likeness (QED) is 0.759. The Hall–Kier alpha value is -2.39. The third kappa shape index (κ3) is 3.73. The number of benzene rings is 1. The van der Waals surface area contributed by atoms with Gasteiger partial charge < -0.3 is 10.1 Å². The first-order valence-electron chi connectivity index (χ1n) is 8.03. The number of sulfonamides is 1. The number of esters is 1. The van der Waals surface area contributed by atoms with Gasteiger partial charge in [0.25, 0.3) is 10.0 Å². The summed E-state index contributed by atoms with van der Waals surface area (Å²) in [6, 6.07) is 6.20. The minimum atomic E-state index is -3.81. The van der Waals surface area contributed by atoms with Crippen molar-refractivity contribution in [1.29, 1.82) is 0 Å². The van der Waals surface area contributed by atoms with Gasteiger partial charge in [0.05, 0.1) is 11.5 Å². The van der Waals surface area contributed by atoms with Crippen molar-refractivity contribution in [1.82, 2.24) is 0 Å². The van der Waals surface area contributed by atoms with Crippen LogP contribution in [0.1, 0.15) is 34.1 Å². The number of ether oxygens (including phenoxy) is 1. The van der Waals surface area contributed by atoms with Gasteiger partial charge in [-0.3, -0.25) is 9.52 Å². The zero-order chi connectivity index (χ0) is 18.9. The molecule has 1 aromatic carbocycles. The van der Waals surface area contributed by atoms with Crippen molar-refractivity contribution in [3.63, 3.8) is 0 Å². The SMILES string of the molecule is CCOC(=O)c1sc(NS(=O)(=O)c2ccc3c(c2)CCC(=O)N3)cc1C. The standard InChI is InChI=1S/C17H18N2O5S2/c1-3-24-17(21)16-10(2)8-15(25-16)19-26(22,23)12-5-6-13-11(9-12)4-7-14(20)18-13/h5-6,8-9,19H,3-4,7H2,1-2H3,(H,18,20). The van der Waals surface area contributed by atoms with Crippen molar-refractivity contribution in [3.05, 3.63) is 40.3 Å². The lowest BCUT2D eigenvalue weighted by Crippen LogP contribution is -2.20. The zero-order valence-corrected chi connectivity index (χ0v) is 15.9. The van der Waals surface area contributed by atoms with Gasteiger partial charge in [0, 0.05) is 12.1 Å². The maximum absolute atomic E-state index is 12.7. The molecule has 2 aromatic rings. The van der Waals surface area contributed by atoms with Crippen molar-refractivity contribution in [2.75, 3.05) is 16.6 Å². The summed E-state index contributed by atoms with van der Waals surface area (Å²) in [6.45, 7) is 3.69. The summed E-state index contributed by atoms with van der Waals surface area (Å²) < 4.78 is 32.8. The van der Waals surface area contributed by atoms with Crippen LogP contribution in [0.5, 0.6) is 0 Å². The highest BCUT2D eigenvalue weighted by atomic mass is 32.2. The molecule has 9 heteroatoms. The van der Waals surface area contributed by atoms with Crippen molar-refractivity contribution < 1.29 is 22.7 Å². The second kappa shape index (κ2) is 7.08. The van der Waals surface area contributed by atoms with Crippen LogP contribution in [0.25, 0.3) is 0 Å². The number of carbonyl (C=O) groups excluding carboxylic acids is 2. The third-order valence-electron chi connectivity index (χ3n) is 3.90. The number of thiophene rings is 1. The van der Waals surface area contributed by atoms with E-state index in [4.69, 9.17) is 4.74 Å². The number of nitrogens with one attached hydrogen (secondary N) is 2. The molecule has 0 atom stereocenters. The van der Waals surface area contributed by atoms with E-state index in [1.807, 2.05) is 0 Å². The van der Waals surface area contributed by atoms with Crippen LogP contribution in [0.3, 0.4) is 0 Å². The molecule has 0 radical (unpaired) electrons. The summed E-state index contributed by atoms with van der Waals surface area (Å²) in [6.07, 6.45) is 0.826. The summed E-state index contributed by atoms with van der Waals surface area (Å²) in [5.74, 6) is -0.545. The van der Waals surface area contributed by atoms with Gasteiger partial charge in [0.1, 0.15) is 9.88 Å². The first kappa shape index (κ1) is 18.4. The van der Waals surface area contributed by atoms with Gasteiger partial charge in [-0.15, -0.1) is 11.3 Å². The molecule has 0 unspecified atom stereocenters. The van der Waals surface area contributed by atoms with Crippen molar-refractivity contribution in [2.45, 2.75) is 31.6 Å². The minimum Gasteiger partial charge on any atom is -0.462 e. The molecule has 1 aliphatic heterocycles. The van der Waals surface area contributed by atoms with Gasteiger partial charge in [-0.1, -0.05) is 0 Å². The summed E-state index contributed by atoms with van der Waals surface area (Å²) in [7, 11) is -3.81. The summed E-state index contributed by atoms with van der Waals surface area (Å²) in [4.78, 5) is 23.8. The van der Waals surface area contributed by atoms with Crippen LogP contribution in [0.2, 0.25) is 0 Å². The molecular formula is C17H18N2O5S2. The number of amides is 1. The molecule has 0 bridgehead atoms. The van der Waals surface area contributed by atoms with Crippen LogP contribution in [-0.2, 0) is 26.0 Å². The fourth-order valence-electron chi connectivity index (χ4n) is 2.65. The molecule has 0 aliphatic carbocycles. The third-order valence-corrected chi connectivity index (χ3v) is 6.52. The van der Waals surface area contributed by atoms with Crippen LogP contribution in [0, 0.1) is 6.92 Å². The van der Waals surface area contributed by atoms with E-state index >= 15 is 0 Å². The number of fused-ring (bicyclic) bond motifs is 1. The van der Waals surface area contributed by atoms with Gasteiger partial charge in [-0.2, -0.15) is 0 Å². The van der Waals surface area contributed by atoms with Crippen molar-refractivity contribution in [2.24, 2.45) is 0 Å². The van der Waals surface area contributed by atoms with Gasteiger partial charge in [-0.05, 0) is 55.7 Å². The predicted octanol–water partition coefficient (Wildman–Crippen LogP) is 2.92. The van der Waals surface area contributed by atoms with E-state index in [1.165, 1.54) is 6.07 Å². The van der Waals surface area contributed by atoms with E-state index in [0.29, 0.717) is 34.0 Å². The van der Waals surface area contributed by atoms with E-state index in [1.54, 1.807) is 32.0 Å². The molecule has 0 saturated heterocycles. The first-order chi connectivity index (χ1) is 12.3. The Morgan fingerprint density at radius 2 is 2.08 bits per heavy atom. The lowest BCUT2D eigenvalue weighted by atomic mass is 10.0. The highest BCUT2D eigenvalue weighted by Gasteiger charge is 2.22. The topological polar surface area (TPSA) is 102 Å². The molecule has 1 amide bonds. The van der Waals surface area contributed by atoms with Crippen LogP contribution in [0.4, 0.5) is 10.7 Å². The zero-order valence-electron chi connectivity index (χ0n) is 14.3. The van der Waals surface area contributed by atoms with E-state index in [-0.39, 0.29) is 17.4 Å². The highest BCUT2D eigenvalue weighted by Crippen LogP contribution is 2.31. The minimum absolute atomic E-state index is 0.0770. The van der Waals surface area contributed by atoms with Crippen LogP contribution in [-0.4, -0.2) is 26.9 Å². The number of carbonyl (C=O) groups is 2. The maximum atomic E-state index is 12.7. The Bertz CT molecular complexity index is 979. The van der Waals surface area contributed by atoms with E-state index in [2.05, 4.69) is 10.0 Å². The summed E-state index contributed by atoms with van der Waals surface area (Å²) in [5.41, 5.74) is 2.07. The Morgan fingerprint density at radius 1 is 1.31 bits per heavy atom. The van der Waals surface area contributed by atoms with Crippen molar-refractivity contribution in [3.8, 4) is 0 Å². The van der Waals surface area contributed by atoms with Crippen molar-refractivity contribution >= 4 is 43.9 Å². The molecule has 1 aromatic heterocycles. The summed E-state index contributed by atoms with van der Waals surface area (Å²) in [5, 5.41) is 3.06. The van der Waals surface area contributed by atoms with Crippen LogP contribution < -0.4 is 10.0 Å². The van der Waals surface area contributed by atoms with E-state index in [9.17, 15) is 18.0 Å². The monoisotopic (exact) mass is 394 g/mol. The van der Waals surface area contributed by atoms with Crippen LogP contribution in [0.15, 0.2) is 29.2 Å². The largest absolute Gasteiger partial charge is 0.462 e. The normalized spacial score (nSPS) is 13.7. The fraction of sp³-hybridized carbons (Fsp3) is 0.294. The molecule has 3 rings (SSSR count). The smallest absolute Gasteiger partial charge is 0.348 e. The molecule has 0 spiro atoms. The molecule has 0 fully saturated rings. The fourth-order valence-corrected chi connectivity index (χ4v) is 4.95. The molecule has 2 N–H and O–H groups in total. The molecule has 26 heavy (non-hydrogen) atoms. The average Bonchev–Trinajstić information content (AvgIpc) is 2.94. The van der Waals surface area contributed by atoms with Gasteiger partial charge in [0.2, 0.25) is 5.91 Å². The molecular weight excluding hydrogens is 376 g/mol. The van der Waals surface area contributed by atoms with E-state index < -0.39 is 16.0 Å². The highest BCUT2D eigenvalue weighted by molar-refractivity contribution is 7.93. The molecule has 138 valence electrons. The predicted molar refractivity (Wildman–Crippen MR) is 99.2 cm³/mol. The number of aryl methyl sites for hydroxylation is 2. The first-order valence-corrected chi connectivity index (χ1v) is 10.3. The maximum Gasteiger partial charge on any atom is 0.348 e. The lowest BCUT2D eigenvalue weighted by Gasteiger charge is -2.17. The Morgan fingerprint density at radius 3 is 2.81 bits per heavy atom. The van der Waals surface area contributed by atoms with Gasteiger partial charge in [-0.25, -0.2) is 13.2 Å². The second-order valence-electron chi connectivity index (χ2n) is 5.82. The number of hydrogen-bond donors (Lipinski definition) is 2. The Kier molecular flexibility index (Phi) is 5.01. The van der Waals surface area contributed by atoms with Gasteiger partial charge >= 0.3 is 5.97 Å². The summed E-state index contributed by atoms with van der Waals surface area (Å²) >= 11 is 1.04. The molecule has 1 aliphatic rings. The van der Waals surface area contributed by atoms with Crippen LogP contribution >= 0.6 is 11.3 Å². The number of anilines is 2. The molecule has 0 saturated carbocycles. The molecule has 2 heterocycles. The lowest BCUT2D eigenvalue weighted by molar-refractivity contribution is -0.116. The Balaban J connectivity index is 1.85.